The summed E-state index contributed by atoms with van der Waals surface area (Å²) in [6.07, 6.45) is 6.52. The minimum absolute atomic E-state index is 0.00405. The maximum absolute atomic E-state index is 13.1. The number of hydrogen-bond donors (Lipinski definition) is 1. The molecule has 1 atom stereocenters. The zero-order chi connectivity index (χ0) is 23.1. The summed E-state index contributed by atoms with van der Waals surface area (Å²) in [5.74, 6) is -1.04. The van der Waals surface area contributed by atoms with E-state index in [1.807, 2.05) is 13.8 Å². The van der Waals surface area contributed by atoms with Crippen LogP contribution in [-0.4, -0.2) is 63.4 Å². The largest absolute Gasteiger partial charge is 0.452 e. The molecule has 2 aliphatic heterocycles. The average molecular weight is 466 g/mol. The highest BCUT2D eigenvalue weighted by Crippen LogP contribution is 2.30. The Morgan fingerprint density at radius 3 is 2.38 bits per heavy atom. The number of carbonyl (C=O) groups excluding carboxylic acids is 2. The lowest BCUT2D eigenvalue weighted by Crippen LogP contribution is -2.36. The van der Waals surface area contributed by atoms with Gasteiger partial charge in [-0.1, -0.05) is 19.8 Å². The highest BCUT2D eigenvalue weighted by atomic mass is 32.2. The van der Waals surface area contributed by atoms with E-state index < -0.39 is 22.6 Å². The fourth-order valence-electron chi connectivity index (χ4n) is 4.36. The van der Waals surface area contributed by atoms with Gasteiger partial charge >= 0.3 is 5.97 Å². The van der Waals surface area contributed by atoms with E-state index in [1.165, 1.54) is 10.4 Å². The Balaban J connectivity index is 1.80. The molecule has 3 rings (SSSR count). The van der Waals surface area contributed by atoms with Gasteiger partial charge in [-0.25, -0.2) is 13.2 Å². The molecule has 0 saturated carbocycles. The van der Waals surface area contributed by atoms with E-state index in [9.17, 15) is 18.0 Å². The second-order valence-electron chi connectivity index (χ2n) is 8.67. The summed E-state index contributed by atoms with van der Waals surface area (Å²) >= 11 is 0. The van der Waals surface area contributed by atoms with Gasteiger partial charge in [0.15, 0.2) is 6.61 Å². The number of carbonyl (C=O) groups is 2. The third kappa shape index (κ3) is 6.01. The summed E-state index contributed by atoms with van der Waals surface area (Å²) in [6, 6.07) is 4.69. The Morgan fingerprint density at radius 1 is 1.06 bits per heavy atom. The summed E-state index contributed by atoms with van der Waals surface area (Å²) in [5.41, 5.74) is 0.851. The molecule has 2 aliphatic rings. The molecule has 0 aliphatic carbocycles. The Bertz CT molecular complexity index is 906. The number of hydrogen-bond acceptors (Lipinski definition) is 6. The molecule has 8 nitrogen and oxygen atoms in total. The van der Waals surface area contributed by atoms with Gasteiger partial charge in [-0.15, -0.1) is 0 Å². The van der Waals surface area contributed by atoms with E-state index in [1.54, 1.807) is 12.1 Å². The minimum atomic E-state index is -3.68. The van der Waals surface area contributed by atoms with Crippen molar-refractivity contribution >= 4 is 27.6 Å². The molecule has 0 bridgehead atoms. The normalized spacial score (nSPS) is 18.4. The van der Waals surface area contributed by atoms with Crippen LogP contribution in [0, 0.1) is 0 Å². The topological polar surface area (TPSA) is 96.0 Å². The monoisotopic (exact) mass is 465 g/mol. The van der Waals surface area contributed by atoms with Crippen molar-refractivity contribution in [2.45, 2.75) is 69.7 Å². The summed E-state index contributed by atoms with van der Waals surface area (Å²) in [4.78, 5) is 27.3. The summed E-state index contributed by atoms with van der Waals surface area (Å²) in [7, 11) is -3.68. The Morgan fingerprint density at radius 2 is 1.72 bits per heavy atom. The molecule has 1 aromatic carbocycles. The van der Waals surface area contributed by atoms with Crippen molar-refractivity contribution in [1.29, 1.82) is 0 Å². The van der Waals surface area contributed by atoms with Gasteiger partial charge in [0.05, 0.1) is 16.1 Å². The molecule has 1 unspecified atom stereocenters. The highest BCUT2D eigenvalue weighted by Gasteiger charge is 2.29. The average Bonchev–Trinajstić information content (AvgIpc) is 3.32. The van der Waals surface area contributed by atoms with E-state index in [0.29, 0.717) is 18.8 Å². The molecule has 1 amide bonds. The first-order valence-corrected chi connectivity index (χ1v) is 13.1. The molecule has 2 heterocycles. The van der Waals surface area contributed by atoms with Gasteiger partial charge < -0.3 is 15.0 Å². The van der Waals surface area contributed by atoms with Gasteiger partial charge in [0, 0.05) is 32.2 Å². The third-order valence-electron chi connectivity index (χ3n) is 6.05. The standard InChI is InChI=1S/C23H35N3O5S/c1-3-9-18(2)24-22(27)17-31-23(28)20-16-19(10-11-21(20)25-12-7-8-13-25)32(29,30)26-14-5-4-6-15-26/h10-11,16,18H,3-9,12-15,17H2,1-2H3,(H,24,27). The van der Waals surface area contributed by atoms with Crippen LogP contribution in [0.5, 0.6) is 0 Å². The number of piperidine rings is 1. The summed E-state index contributed by atoms with van der Waals surface area (Å²) in [6.45, 7) is 6.13. The number of benzene rings is 1. The molecular formula is C23H35N3O5S. The second kappa shape index (κ2) is 11.1. The van der Waals surface area contributed by atoms with Crippen molar-refractivity contribution < 1.29 is 22.7 Å². The Labute approximate surface area is 191 Å². The van der Waals surface area contributed by atoms with Crippen LogP contribution in [0.3, 0.4) is 0 Å². The molecular weight excluding hydrogens is 430 g/mol. The predicted molar refractivity (Wildman–Crippen MR) is 123 cm³/mol. The van der Waals surface area contributed by atoms with Gasteiger partial charge in [0.2, 0.25) is 10.0 Å². The number of ether oxygens (including phenoxy) is 1. The van der Waals surface area contributed by atoms with E-state index in [0.717, 1.165) is 58.0 Å². The van der Waals surface area contributed by atoms with Crippen LogP contribution in [0.15, 0.2) is 23.1 Å². The maximum Gasteiger partial charge on any atom is 0.340 e. The van der Waals surface area contributed by atoms with E-state index in [-0.39, 0.29) is 22.4 Å². The van der Waals surface area contributed by atoms with Crippen molar-refractivity contribution in [2.24, 2.45) is 0 Å². The number of esters is 1. The van der Waals surface area contributed by atoms with Crippen molar-refractivity contribution in [2.75, 3.05) is 37.7 Å². The van der Waals surface area contributed by atoms with Crippen LogP contribution in [0.1, 0.15) is 69.2 Å². The molecule has 2 fully saturated rings. The molecule has 2 saturated heterocycles. The molecule has 0 aromatic heterocycles. The minimum Gasteiger partial charge on any atom is -0.452 e. The number of sulfonamides is 1. The molecule has 0 spiro atoms. The van der Waals surface area contributed by atoms with Gasteiger partial charge in [-0.3, -0.25) is 4.79 Å². The van der Waals surface area contributed by atoms with Crippen molar-refractivity contribution in [3.8, 4) is 0 Å². The van der Waals surface area contributed by atoms with Crippen molar-refractivity contribution in [1.82, 2.24) is 9.62 Å². The van der Waals surface area contributed by atoms with Crippen LogP contribution in [0.4, 0.5) is 5.69 Å². The SMILES string of the molecule is CCCC(C)NC(=O)COC(=O)c1cc(S(=O)(=O)N2CCCCC2)ccc1N1CCCC1. The number of anilines is 1. The van der Waals surface area contributed by atoms with Crippen LogP contribution in [0.2, 0.25) is 0 Å². The Hall–Kier alpha value is -2.13. The van der Waals surface area contributed by atoms with Crippen molar-refractivity contribution in [3.63, 3.8) is 0 Å². The van der Waals surface area contributed by atoms with E-state index >= 15 is 0 Å². The van der Waals surface area contributed by atoms with E-state index in [4.69, 9.17) is 4.74 Å². The maximum atomic E-state index is 13.1. The second-order valence-corrected chi connectivity index (χ2v) is 10.6. The molecule has 0 radical (unpaired) electrons. The molecule has 178 valence electrons. The number of rotatable bonds is 9. The first kappa shape index (κ1) is 24.5. The zero-order valence-electron chi connectivity index (χ0n) is 19.1. The molecule has 1 N–H and O–H groups in total. The third-order valence-corrected chi connectivity index (χ3v) is 7.95. The molecule has 32 heavy (non-hydrogen) atoms. The Kier molecular flexibility index (Phi) is 8.53. The van der Waals surface area contributed by atoms with Gasteiger partial charge in [-0.05, 0) is 57.2 Å². The van der Waals surface area contributed by atoms with Crippen LogP contribution >= 0.6 is 0 Å². The van der Waals surface area contributed by atoms with Crippen LogP contribution in [0.25, 0.3) is 0 Å². The lowest BCUT2D eigenvalue weighted by molar-refractivity contribution is -0.124. The molecule has 9 heteroatoms. The summed E-state index contributed by atoms with van der Waals surface area (Å²) < 4.78 is 33.1. The lowest BCUT2D eigenvalue weighted by atomic mass is 10.1. The number of nitrogens with zero attached hydrogens (tertiary/aromatic N) is 2. The predicted octanol–water partition coefficient (Wildman–Crippen LogP) is 2.92. The van der Waals surface area contributed by atoms with Crippen LogP contribution in [-0.2, 0) is 19.6 Å². The fraction of sp³-hybridized carbons (Fsp3) is 0.652. The lowest BCUT2D eigenvalue weighted by Gasteiger charge is -2.27. The first-order chi connectivity index (χ1) is 15.3. The smallest absolute Gasteiger partial charge is 0.340 e. The molecule has 1 aromatic rings. The summed E-state index contributed by atoms with van der Waals surface area (Å²) in [5, 5.41) is 2.81. The van der Waals surface area contributed by atoms with Gasteiger partial charge in [0.1, 0.15) is 0 Å². The first-order valence-electron chi connectivity index (χ1n) is 11.7. The number of nitrogens with one attached hydrogen (secondary N) is 1. The zero-order valence-corrected chi connectivity index (χ0v) is 20.0. The van der Waals surface area contributed by atoms with Gasteiger partial charge in [-0.2, -0.15) is 4.31 Å². The van der Waals surface area contributed by atoms with Crippen LogP contribution < -0.4 is 10.2 Å². The van der Waals surface area contributed by atoms with Crippen molar-refractivity contribution in [3.05, 3.63) is 23.8 Å². The highest BCUT2D eigenvalue weighted by molar-refractivity contribution is 7.89. The fourth-order valence-corrected chi connectivity index (χ4v) is 5.90. The van der Waals surface area contributed by atoms with E-state index in [2.05, 4.69) is 10.2 Å². The quantitative estimate of drug-likeness (QED) is 0.564. The number of amides is 1. The van der Waals surface area contributed by atoms with Gasteiger partial charge in [0.25, 0.3) is 5.91 Å².